The molecule has 1 N–H and O–H groups in total. The van der Waals surface area contributed by atoms with Gasteiger partial charge in [0.2, 0.25) is 11.8 Å². The van der Waals surface area contributed by atoms with Crippen LogP contribution < -0.4 is 15.6 Å². The maximum absolute atomic E-state index is 15.6. The van der Waals surface area contributed by atoms with E-state index in [-0.39, 0.29) is 40.2 Å². The van der Waals surface area contributed by atoms with Gasteiger partial charge in [0.15, 0.2) is 0 Å². The van der Waals surface area contributed by atoms with Gasteiger partial charge in [0, 0.05) is 41.5 Å². The third-order valence-electron chi connectivity index (χ3n) is 8.27. The molecule has 1 saturated heterocycles. The number of hydrogen-bond acceptors (Lipinski definition) is 9. The SMILES string of the molecule is CN1CCC(Oc2ccc(Nc3ncc4cc(-c5ccc(-c6nnn(C)n6)cc5F)c(=O)n(Cc5ccccc5C(F)(F)F)c4n3)cc2)C1. The molecule has 1 aliphatic heterocycles. The lowest BCUT2D eigenvalue weighted by atomic mass is 10.0. The van der Waals surface area contributed by atoms with Crippen molar-refractivity contribution in [2.75, 3.05) is 25.5 Å². The van der Waals surface area contributed by atoms with Crippen molar-refractivity contribution in [3.05, 3.63) is 106 Å². The zero-order valence-electron chi connectivity index (χ0n) is 26.3. The van der Waals surface area contributed by atoms with E-state index in [4.69, 9.17) is 4.74 Å². The van der Waals surface area contributed by atoms with Crippen molar-refractivity contribution in [2.24, 2.45) is 7.05 Å². The number of anilines is 2. The first-order valence-electron chi connectivity index (χ1n) is 15.3. The Morgan fingerprint density at radius 2 is 1.80 bits per heavy atom. The Bertz CT molecular complexity index is 2220. The fourth-order valence-corrected chi connectivity index (χ4v) is 5.87. The van der Waals surface area contributed by atoms with Gasteiger partial charge < -0.3 is 15.0 Å². The van der Waals surface area contributed by atoms with Crippen LogP contribution in [0.4, 0.5) is 29.2 Å². The van der Waals surface area contributed by atoms with Crippen LogP contribution in [0.25, 0.3) is 33.5 Å². The molecule has 0 aliphatic carbocycles. The highest BCUT2D eigenvalue weighted by Crippen LogP contribution is 2.33. The minimum Gasteiger partial charge on any atom is -0.489 e. The highest BCUT2D eigenvalue weighted by molar-refractivity contribution is 5.82. The Morgan fingerprint density at radius 1 is 1.00 bits per heavy atom. The Labute approximate surface area is 276 Å². The number of pyridine rings is 1. The fraction of sp³-hybridized carbons (Fsp3) is 0.235. The quantitative estimate of drug-likeness (QED) is 0.204. The van der Waals surface area contributed by atoms with E-state index in [0.29, 0.717) is 22.4 Å². The molecule has 6 aromatic rings. The molecule has 0 saturated carbocycles. The second-order valence-corrected chi connectivity index (χ2v) is 11.8. The van der Waals surface area contributed by atoms with Crippen LogP contribution in [-0.4, -0.2) is 65.9 Å². The topological polar surface area (TPSA) is 116 Å². The van der Waals surface area contributed by atoms with Gasteiger partial charge in [-0.05, 0) is 66.7 Å². The predicted molar refractivity (Wildman–Crippen MR) is 174 cm³/mol. The average molecular weight is 672 g/mol. The standard InChI is InChI=1S/C34H29F4N9O2/c1-45-14-13-25(19-45)49-24-10-8-23(9-11-24)40-33-39-17-22-15-27(26-12-7-20(16-29(26)35)30-42-44-46(2)43-30)32(48)47(31(22)41-33)18-21-5-3-4-6-28(21)34(36,37)38/h3-12,15-17,25H,13-14,18-19H2,1-2H3,(H,39,40,41). The van der Waals surface area contributed by atoms with Crippen molar-refractivity contribution in [3.63, 3.8) is 0 Å². The fourth-order valence-electron chi connectivity index (χ4n) is 5.87. The first-order chi connectivity index (χ1) is 23.5. The molecule has 0 spiro atoms. The minimum absolute atomic E-state index is 0.0637. The number of fused-ring (bicyclic) bond motifs is 1. The first-order valence-corrected chi connectivity index (χ1v) is 15.3. The molecule has 7 rings (SSSR count). The normalized spacial score (nSPS) is 15.2. The second kappa shape index (κ2) is 12.7. The van der Waals surface area contributed by atoms with E-state index < -0.39 is 29.7 Å². The van der Waals surface area contributed by atoms with Crippen LogP contribution in [0.2, 0.25) is 0 Å². The van der Waals surface area contributed by atoms with E-state index in [0.717, 1.165) is 30.1 Å². The van der Waals surface area contributed by atoms with Gasteiger partial charge in [-0.2, -0.15) is 23.0 Å². The molecule has 0 amide bonds. The molecule has 1 aliphatic rings. The summed E-state index contributed by atoms with van der Waals surface area (Å²) in [6.07, 6.45) is -2.19. The maximum Gasteiger partial charge on any atom is 0.416 e. The Morgan fingerprint density at radius 3 is 2.49 bits per heavy atom. The van der Waals surface area contributed by atoms with Gasteiger partial charge in [0.05, 0.1) is 24.7 Å². The van der Waals surface area contributed by atoms with E-state index in [9.17, 15) is 18.0 Å². The summed E-state index contributed by atoms with van der Waals surface area (Å²) in [5.74, 6) is 0.249. The van der Waals surface area contributed by atoms with Gasteiger partial charge in [-0.15, -0.1) is 10.2 Å². The predicted octanol–water partition coefficient (Wildman–Crippen LogP) is 5.68. The molecule has 1 unspecified atom stereocenters. The van der Waals surface area contributed by atoms with Crippen molar-refractivity contribution in [1.29, 1.82) is 0 Å². The Hall–Kier alpha value is -5.70. The third kappa shape index (κ3) is 6.69. The summed E-state index contributed by atoms with van der Waals surface area (Å²) < 4.78 is 64.8. The summed E-state index contributed by atoms with van der Waals surface area (Å²) in [5.41, 5.74) is -0.912. The van der Waals surface area contributed by atoms with E-state index in [1.165, 1.54) is 53.5 Å². The number of aryl methyl sites for hydroxylation is 1. The molecule has 0 bridgehead atoms. The van der Waals surface area contributed by atoms with Crippen LogP contribution in [0.15, 0.2) is 83.8 Å². The van der Waals surface area contributed by atoms with Crippen LogP contribution in [0.1, 0.15) is 17.5 Å². The number of benzene rings is 3. The number of halogens is 4. The van der Waals surface area contributed by atoms with Gasteiger partial charge in [0.1, 0.15) is 23.3 Å². The van der Waals surface area contributed by atoms with Crippen LogP contribution in [0.3, 0.4) is 0 Å². The highest BCUT2D eigenvalue weighted by Gasteiger charge is 2.33. The largest absolute Gasteiger partial charge is 0.489 e. The lowest BCUT2D eigenvalue weighted by Crippen LogP contribution is -2.25. The van der Waals surface area contributed by atoms with Crippen molar-refractivity contribution < 1.29 is 22.3 Å². The molecule has 4 heterocycles. The van der Waals surface area contributed by atoms with Crippen molar-refractivity contribution in [3.8, 4) is 28.3 Å². The Balaban J connectivity index is 1.27. The Kier molecular flexibility index (Phi) is 8.28. The van der Waals surface area contributed by atoms with Crippen molar-refractivity contribution in [2.45, 2.75) is 25.2 Å². The van der Waals surface area contributed by atoms with Gasteiger partial charge in [-0.25, -0.2) is 9.37 Å². The molecular weight excluding hydrogens is 642 g/mol. The molecule has 1 fully saturated rings. The first kappa shape index (κ1) is 31.9. The molecular formula is C34H29F4N9O2. The molecule has 1 atom stereocenters. The van der Waals surface area contributed by atoms with E-state index in [2.05, 4.69) is 35.6 Å². The summed E-state index contributed by atoms with van der Waals surface area (Å²) in [6, 6.07) is 17.7. The highest BCUT2D eigenvalue weighted by atomic mass is 19.4. The molecule has 0 radical (unpaired) electrons. The average Bonchev–Trinajstić information content (AvgIpc) is 3.70. The lowest BCUT2D eigenvalue weighted by Gasteiger charge is -2.17. The van der Waals surface area contributed by atoms with Gasteiger partial charge in [-0.3, -0.25) is 9.36 Å². The van der Waals surface area contributed by atoms with Crippen LogP contribution in [0.5, 0.6) is 5.75 Å². The van der Waals surface area contributed by atoms with Gasteiger partial charge >= 0.3 is 6.18 Å². The zero-order valence-corrected chi connectivity index (χ0v) is 26.3. The van der Waals surface area contributed by atoms with E-state index in [1.807, 2.05) is 19.2 Å². The van der Waals surface area contributed by atoms with E-state index in [1.54, 1.807) is 19.2 Å². The van der Waals surface area contributed by atoms with E-state index >= 15 is 4.39 Å². The lowest BCUT2D eigenvalue weighted by molar-refractivity contribution is -0.138. The molecule has 3 aromatic heterocycles. The monoisotopic (exact) mass is 671 g/mol. The van der Waals surface area contributed by atoms with Crippen LogP contribution >= 0.6 is 0 Å². The number of ether oxygens (including phenoxy) is 1. The molecule has 49 heavy (non-hydrogen) atoms. The number of aromatic nitrogens is 7. The number of nitrogens with one attached hydrogen (secondary N) is 1. The summed E-state index contributed by atoms with van der Waals surface area (Å²) in [4.78, 5) is 26.5. The van der Waals surface area contributed by atoms with Gasteiger partial charge in [-0.1, -0.05) is 30.3 Å². The zero-order chi connectivity index (χ0) is 34.3. The molecule has 250 valence electrons. The number of likely N-dealkylation sites (tertiary alicyclic amines) is 1. The van der Waals surface area contributed by atoms with Crippen LogP contribution in [0, 0.1) is 5.82 Å². The summed E-state index contributed by atoms with van der Waals surface area (Å²) in [7, 11) is 3.62. The maximum atomic E-state index is 15.6. The number of tetrazole rings is 1. The van der Waals surface area contributed by atoms with Gasteiger partial charge in [0.25, 0.3) is 5.56 Å². The number of likely N-dealkylation sites (N-methyl/N-ethyl adjacent to an activating group) is 1. The summed E-state index contributed by atoms with van der Waals surface area (Å²) >= 11 is 0. The number of rotatable bonds is 8. The second-order valence-electron chi connectivity index (χ2n) is 11.8. The number of nitrogens with zero attached hydrogens (tertiary/aromatic N) is 8. The number of hydrogen-bond donors (Lipinski definition) is 1. The van der Waals surface area contributed by atoms with Crippen LogP contribution in [-0.2, 0) is 19.8 Å². The van der Waals surface area contributed by atoms with Crippen molar-refractivity contribution >= 4 is 22.7 Å². The molecule has 3 aromatic carbocycles. The molecule has 11 nitrogen and oxygen atoms in total. The minimum atomic E-state index is -4.67. The third-order valence-corrected chi connectivity index (χ3v) is 8.27. The smallest absolute Gasteiger partial charge is 0.416 e. The summed E-state index contributed by atoms with van der Waals surface area (Å²) in [6.45, 7) is 1.34. The van der Waals surface area contributed by atoms with Crippen molar-refractivity contribution in [1.82, 2.24) is 39.6 Å². The molecule has 15 heteroatoms. The number of alkyl halides is 3. The summed E-state index contributed by atoms with van der Waals surface area (Å²) in [5, 5.41) is 15.1.